The van der Waals surface area contributed by atoms with Crippen molar-refractivity contribution in [1.82, 2.24) is 10.6 Å². The van der Waals surface area contributed by atoms with Crippen LogP contribution in [0, 0.1) is 5.92 Å². The lowest BCUT2D eigenvalue weighted by Gasteiger charge is -2.28. The van der Waals surface area contributed by atoms with Crippen molar-refractivity contribution in [2.75, 3.05) is 20.8 Å². The monoisotopic (exact) mass is 336 g/mol. The molecule has 0 bridgehead atoms. The second-order valence-electron chi connectivity index (χ2n) is 6.30. The third-order valence-corrected chi connectivity index (χ3v) is 4.76. The third kappa shape index (κ3) is 5.57. The van der Waals surface area contributed by atoms with Gasteiger partial charge in [-0.05, 0) is 67.9 Å². The zero-order valence-electron chi connectivity index (χ0n) is 14.4. The molecule has 0 heterocycles. The first-order valence-corrected chi connectivity index (χ1v) is 8.78. The highest BCUT2D eigenvalue weighted by molar-refractivity contribution is 7.80. The summed E-state index contributed by atoms with van der Waals surface area (Å²) in [4.78, 5) is 0. The molecule has 0 spiro atoms. The molecule has 0 atom stereocenters. The topological polar surface area (TPSA) is 42.5 Å². The molecule has 0 aromatic heterocycles. The summed E-state index contributed by atoms with van der Waals surface area (Å²) in [6, 6.07) is 6.54. The molecule has 5 heteroatoms. The van der Waals surface area contributed by atoms with Gasteiger partial charge in [-0.25, -0.2) is 0 Å². The summed E-state index contributed by atoms with van der Waals surface area (Å²) in [5.41, 5.74) is 1.20. The zero-order chi connectivity index (χ0) is 16.7. The molecule has 1 aromatic carbocycles. The number of methoxy groups -OCH3 is 2. The van der Waals surface area contributed by atoms with Crippen molar-refractivity contribution in [1.29, 1.82) is 0 Å². The van der Waals surface area contributed by atoms with Crippen LogP contribution in [0.3, 0.4) is 0 Å². The maximum atomic E-state index is 5.40. The fourth-order valence-electron chi connectivity index (χ4n) is 3.00. The Morgan fingerprint density at radius 1 is 1.13 bits per heavy atom. The van der Waals surface area contributed by atoms with Crippen LogP contribution in [0.25, 0.3) is 0 Å². The van der Waals surface area contributed by atoms with Crippen molar-refractivity contribution in [3.8, 4) is 11.5 Å². The van der Waals surface area contributed by atoms with Gasteiger partial charge < -0.3 is 20.1 Å². The van der Waals surface area contributed by atoms with Crippen LogP contribution in [0.4, 0.5) is 0 Å². The second-order valence-corrected chi connectivity index (χ2v) is 6.70. The average Bonchev–Trinajstić information content (AvgIpc) is 2.56. The van der Waals surface area contributed by atoms with Crippen molar-refractivity contribution in [3.63, 3.8) is 0 Å². The Hall–Kier alpha value is -1.49. The van der Waals surface area contributed by atoms with E-state index in [0.29, 0.717) is 6.04 Å². The smallest absolute Gasteiger partial charge is 0.166 e. The lowest BCUT2D eigenvalue weighted by atomic mass is 9.87. The lowest BCUT2D eigenvalue weighted by molar-refractivity contribution is 0.330. The standard InChI is InChI=1S/C18H28N2O2S/c1-13-4-7-15(8-5-13)20-18(23)19-11-10-14-6-9-16(21-2)17(12-14)22-3/h6,9,12-13,15H,4-5,7-8,10-11H2,1-3H3,(H2,19,20,23). The van der Waals surface area contributed by atoms with Crippen molar-refractivity contribution in [3.05, 3.63) is 23.8 Å². The molecular weight excluding hydrogens is 308 g/mol. The molecule has 1 aliphatic rings. The molecule has 0 aliphatic heterocycles. The van der Waals surface area contributed by atoms with Gasteiger partial charge in [-0.3, -0.25) is 0 Å². The number of thiocarbonyl (C=S) groups is 1. The Balaban J connectivity index is 1.73. The van der Waals surface area contributed by atoms with Gasteiger partial charge >= 0.3 is 0 Å². The van der Waals surface area contributed by atoms with Gasteiger partial charge in [0.05, 0.1) is 14.2 Å². The molecule has 1 fully saturated rings. The minimum Gasteiger partial charge on any atom is -0.493 e. The highest BCUT2D eigenvalue weighted by atomic mass is 32.1. The highest BCUT2D eigenvalue weighted by Crippen LogP contribution is 2.27. The second kappa shape index (κ2) is 8.96. The fraction of sp³-hybridized carbons (Fsp3) is 0.611. The van der Waals surface area contributed by atoms with Crippen LogP contribution < -0.4 is 20.1 Å². The van der Waals surface area contributed by atoms with Gasteiger partial charge in [-0.15, -0.1) is 0 Å². The summed E-state index contributed by atoms with van der Waals surface area (Å²) in [7, 11) is 3.30. The minimum atomic E-state index is 0.535. The Bertz CT molecular complexity index is 514. The molecule has 2 N–H and O–H groups in total. The molecular formula is C18H28N2O2S. The van der Waals surface area contributed by atoms with Crippen LogP contribution in [0.1, 0.15) is 38.2 Å². The number of hydrogen-bond acceptors (Lipinski definition) is 3. The number of hydrogen-bond donors (Lipinski definition) is 2. The summed E-state index contributed by atoms with van der Waals surface area (Å²) in [6.45, 7) is 3.14. The molecule has 23 heavy (non-hydrogen) atoms. The quantitative estimate of drug-likeness (QED) is 0.780. The molecule has 4 nitrogen and oxygen atoms in total. The number of nitrogens with one attached hydrogen (secondary N) is 2. The Morgan fingerprint density at radius 2 is 1.83 bits per heavy atom. The summed E-state index contributed by atoms with van der Waals surface area (Å²) in [5.74, 6) is 2.38. The third-order valence-electron chi connectivity index (χ3n) is 4.50. The maximum absolute atomic E-state index is 5.40. The van der Waals surface area contributed by atoms with Crippen LogP contribution in [-0.4, -0.2) is 31.9 Å². The first-order valence-electron chi connectivity index (χ1n) is 8.37. The van der Waals surface area contributed by atoms with Gasteiger partial charge in [0.15, 0.2) is 16.6 Å². The van der Waals surface area contributed by atoms with Gasteiger partial charge in [0.1, 0.15) is 0 Å². The molecule has 1 aliphatic carbocycles. The van der Waals surface area contributed by atoms with Crippen LogP contribution in [0.2, 0.25) is 0 Å². The van der Waals surface area contributed by atoms with E-state index in [2.05, 4.69) is 23.6 Å². The molecule has 0 saturated heterocycles. The molecule has 2 rings (SSSR count). The van der Waals surface area contributed by atoms with Crippen molar-refractivity contribution < 1.29 is 9.47 Å². The van der Waals surface area contributed by atoms with Crippen LogP contribution >= 0.6 is 12.2 Å². The normalized spacial score (nSPS) is 20.7. The first-order chi connectivity index (χ1) is 11.1. The van der Waals surface area contributed by atoms with E-state index in [1.807, 2.05) is 12.1 Å². The SMILES string of the molecule is COc1ccc(CCNC(=S)NC2CCC(C)CC2)cc1OC. The van der Waals surface area contributed by atoms with E-state index in [1.165, 1.54) is 31.2 Å². The van der Waals surface area contributed by atoms with E-state index in [-0.39, 0.29) is 0 Å². The summed E-state index contributed by atoms with van der Waals surface area (Å²) in [5, 5.41) is 7.51. The minimum absolute atomic E-state index is 0.535. The Labute approximate surface area is 144 Å². The first kappa shape index (κ1) is 17.9. The van der Waals surface area contributed by atoms with E-state index in [0.717, 1.165) is 35.5 Å². The maximum Gasteiger partial charge on any atom is 0.166 e. The summed E-state index contributed by atoms with van der Waals surface area (Å²) < 4.78 is 10.6. The van der Waals surface area contributed by atoms with E-state index < -0.39 is 0 Å². The number of ether oxygens (including phenoxy) is 2. The molecule has 0 amide bonds. The number of benzene rings is 1. The van der Waals surface area contributed by atoms with E-state index in [9.17, 15) is 0 Å². The van der Waals surface area contributed by atoms with Crippen molar-refractivity contribution in [2.45, 2.75) is 45.1 Å². The van der Waals surface area contributed by atoms with Crippen molar-refractivity contribution in [2.24, 2.45) is 5.92 Å². The van der Waals surface area contributed by atoms with Crippen LogP contribution in [-0.2, 0) is 6.42 Å². The van der Waals surface area contributed by atoms with Crippen molar-refractivity contribution >= 4 is 17.3 Å². The van der Waals surface area contributed by atoms with Crippen LogP contribution in [0.5, 0.6) is 11.5 Å². The van der Waals surface area contributed by atoms with Gasteiger partial charge in [-0.1, -0.05) is 13.0 Å². The van der Waals surface area contributed by atoms with E-state index in [1.54, 1.807) is 14.2 Å². The Kier molecular flexibility index (Phi) is 6.96. The highest BCUT2D eigenvalue weighted by Gasteiger charge is 2.18. The number of rotatable bonds is 6. The molecule has 1 aromatic rings. The summed E-state index contributed by atoms with van der Waals surface area (Å²) in [6.07, 6.45) is 5.93. The predicted octanol–water partition coefficient (Wildman–Crippen LogP) is 3.29. The Morgan fingerprint density at radius 3 is 2.48 bits per heavy atom. The molecule has 0 unspecified atom stereocenters. The zero-order valence-corrected chi connectivity index (χ0v) is 15.2. The summed E-state index contributed by atoms with van der Waals surface area (Å²) >= 11 is 5.40. The molecule has 128 valence electrons. The van der Waals surface area contributed by atoms with E-state index in [4.69, 9.17) is 21.7 Å². The molecule has 1 saturated carbocycles. The van der Waals surface area contributed by atoms with Gasteiger partial charge in [-0.2, -0.15) is 0 Å². The van der Waals surface area contributed by atoms with E-state index >= 15 is 0 Å². The van der Waals surface area contributed by atoms with Crippen LogP contribution in [0.15, 0.2) is 18.2 Å². The average molecular weight is 337 g/mol. The fourth-order valence-corrected chi connectivity index (χ4v) is 3.27. The predicted molar refractivity (Wildman–Crippen MR) is 98.4 cm³/mol. The van der Waals surface area contributed by atoms with Gasteiger partial charge in [0.2, 0.25) is 0 Å². The van der Waals surface area contributed by atoms with Gasteiger partial charge in [0.25, 0.3) is 0 Å². The van der Waals surface area contributed by atoms with Gasteiger partial charge in [0, 0.05) is 12.6 Å². The lowest BCUT2D eigenvalue weighted by Crippen LogP contribution is -2.43. The molecule has 0 radical (unpaired) electrons. The largest absolute Gasteiger partial charge is 0.493 e.